The van der Waals surface area contributed by atoms with Crippen LogP contribution in [0.2, 0.25) is 0 Å². The molecule has 2 nitrogen and oxygen atoms in total. The Bertz CT molecular complexity index is 306. The van der Waals surface area contributed by atoms with Crippen LogP contribution in [0, 0.1) is 0 Å². The number of aryl methyl sites for hydroxylation is 1. The summed E-state index contributed by atoms with van der Waals surface area (Å²) in [5.74, 6) is 0.855. The summed E-state index contributed by atoms with van der Waals surface area (Å²) in [7, 11) is 0. The Hall–Kier alpha value is -0.960. The van der Waals surface area contributed by atoms with E-state index >= 15 is 0 Å². The van der Waals surface area contributed by atoms with E-state index < -0.39 is 0 Å². The third kappa shape index (κ3) is 4.38. The highest BCUT2D eigenvalue weighted by Gasteiger charge is 1.98. The van der Waals surface area contributed by atoms with Crippen LogP contribution in [-0.2, 0) is 6.42 Å². The molecule has 0 atom stereocenters. The number of hydrogen-bond donors (Lipinski definition) is 1. The maximum Gasteiger partial charge on any atom is 0.130 e. The first-order valence-electron chi connectivity index (χ1n) is 5.51. The van der Waals surface area contributed by atoms with Crippen LogP contribution in [0.5, 0.6) is 0 Å². The van der Waals surface area contributed by atoms with Crippen molar-refractivity contribution < 1.29 is 0 Å². The minimum atomic E-state index is 0.855. The molecular formula is C12H18N2S. The van der Waals surface area contributed by atoms with Crippen LogP contribution >= 0.6 is 12.2 Å². The van der Waals surface area contributed by atoms with Crippen molar-refractivity contribution in [3.05, 3.63) is 23.9 Å². The van der Waals surface area contributed by atoms with Crippen LogP contribution in [-0.4, -0.2) is 9.97 Å². The lowest BCUT2D eigenvalue weighted by molar-refractivity contribution is 0.839. The molecule has 0 radical (unpaired) electrons. The molecule has 3 heteroatoms. The predicted octanol–water partition coefficient (Wildman–Crippen LogP) is 3.57. The zero-order chi connectivity index (χ0) is 11.1. The predicted molar refractivity (Wildman–Crippen MR) is 69.4 cm³/mol. The minimum Gasteiger partial charge on any atom is -0.335 e. The lowest BCUT2D eigenvalue weighted by atomic mass is 10.2. The zero-order valence-electron chi connectivity index (χ0n) is 9.42. The lowest BCUT2D eigenvalue weighted by Crippen LogP contribution is -2.09. The number of aromatic nitrogens is 1. The van der Waals surface area contributed by atoms with Crippen LogP contribution < -0.4 is 5.32 Å². The van der Waals surface area contributed by atoms with Crippen molar-refractivity contribution >= 4 is 23.0 Å². The van der Waals surface area contributed by atoms with Crippen LogP contribution in [0.1, 0.15) is 38.7 Å². The van der Waals surface area contributed by atoms with Crippen molar-refractivity contribution in [2.24, 2.45) is 0 Å². The monoisotopic (exact) mass is 222 g/mol. The lowest BCUT2D eigenvalue weighted by Gasteiger charge is -2.06. The first kappa shape index (κ1) is 12.1. The topological polar surface area (TPSA) is 24.9 Å². The summed E-state index contributed by atoms with van der Waals surface area (Å²) in [4.78, 5) is 5.18. The van der Waals surface area contributed by atoms with Crippen molar-refractivity contribution in [3.8, 4) is 0 Å². The van der Waals surface area contributed by atoms with E-state index in [1.54, 1.807) is 0 Å². The standard InChI is InChI=1S/C12H18N2S/c1-3-5-6-12(15)14-11-8-7-10(4-2)9-13-11/h7-9H,3-6H2,1-2H3,(H,13,14,15). The number of anilines is 1. The van der Waals surface area contributed by atoms with Gasteiger partial charge in [0.15, 0.2) is 0 Å². The van der Waals surface area contributed by atoms with Crippen molar-refractivity contribution in [2.75, 3.05) is 5.32 Å². The maximum absolute atomic E-state index is 5.21. The summed E-state index contributed by atoms with van der Waals surface area (Å²) in [6, 6.07) is 4.06. The SMILES string of the molecule is CCCCC(=S)Nc1ccc(CC)cn1. The van der Waals surface area contributed by atoms with Gasteiger partial charge in [-0.2, -0.15) is 0 Å². The Morgan fingerprint density at radius 1 is 1.40 bits per heavy atom. The van der Waals surface area contributed by atoms with Gasteiger partial charge in [0.05, 0.1) is 4.99 Å². The van der Waals surface area contributed by atoms with Crippen molar-refractivity contribution in [1.82, 2.24) is 4.98 Å². The largest absolute Gasteiger partial charge is 0.335 e. The maximum atomic E-state index is 5.21. The van der Waals surface area contributed by atoms with Gasteiger partial charge in [-0.3, -0.25) is 0 Å². The van der Waals surface area contributed by atoms with Crippen molar-refractivity contribution in [1.29, 1.82) is 0 Å². The highest BCUT2D eigenvalue weighted by molar-refractivity contribution is 7.80. The molecular weight excluding hydrogens is 204 g/mol. The number of nitrogens with zero attached hydrogens (tertiary/aromatic N) is 1. The second-order valence-electron chi connectivity index (χ2n) is 3.56. The highest BCUT2D eigenvalue weighted by Crippen LogP contribution is 2.07. The van der Waals surface area contributed by atoms with Crippen molar-refractivity contribution in [3.63, 3.8) is 0 Å². The molecule has 1 aromatic rings. The molecule has 0 fully saturated rings. The van der Waals surface area contributed by atoms with E-state index in [1.807, 2.05) is 12.3 Å². The molecule has 0 aliphatic carbocycles. The number of rotatable bonds is 5. The first-order chi connectivity index (χ1) is 7.26. The average molecular weight is 222 g/mol. The molecule has 1 N–H and O–H groups in total. The van der Waals surface area contributed by atoms with Gasteiger partial charge in [0.25, 0.3) is 0 Å². The quantitative estimate of drug-likeness (QED) is 0.771. The highest BCUT2D eigenvalue weighted by atomic mass is 32.1. The Kier molecular flexibility index (Phi) is 5.26. The van der Waals surface area contributed by atoms with E-state index in [0.29, 0.717) is 0 Å². The molecule has 0 bridgehead atoms. The van der Waals surface area contributed by atoms with Crippen LogP contribution in [0.25, 0.3) is 0 Å². The summed E-state index contributed by atoms with van der Waals surface area (Å²) >= 11 is 5.21. The molecule has 15 heavy (non-hydrogen) atoms. The molecule has 1 aromatic heterocycles. The average Bonchev–Trinajstić information content (AvgIpc) is 2.27. The van der Waals surface area contributed by atoms with Gasteiger partial charge in [-0.25, -0.2) is 4.98 Å². The molecule has 0 saturated carbocycles. The molecule has 82 valence electrons. The fourth-order valence-corrected chi connectivity index (χ4v) is 1.50. The molecule has 0 saturated heterocycles. The summed E-state index contributed by atoms with van der Waals surface area (Å²) in [6.45, 7) is 4.28. The van der Waals surface area contributed by atoms with E-state index in [9.17, 15) is 0 Å². The summed E-state index contributed by atoms with van der Waals surface area (Å²) in [5, 5.41) is 3.15. The number of unbranched alkanes of at least 4 members (excludes halogenated alkanes) is 1. The minimum absolute atomic E-state index is 0.855. The van der Waals surface area contributed by atoms with E-state index in [1.165, 1.54) is 12.0 Å². The van der Waals surface area contributed by atoms with Gasteiger partial charge in [0.1, 0.15) is 5.82 Å². The van der Waals surface area contributed by atoms with Crippen LogP contribution in [0.15, 0.2) is 18.3 Å². The third-order valence-electron chi connectivity index (χ3n) is 2.26. The van der Waals surface area contributed by atoms with Gasteiger partial charge in [0.2, 0.25) is 0 Å². The third-order valence-corrected chi connectivity index (χ3v) is 2.56. The van der Waals surface area contributed by atoms with Crippen LogP contribution in [0.3, 0.4) is 0 Å². The van der Waals surface area contributed by atoms with Gasteiger partial charge >= 0.3 is 0 Å². The number of thiocarbonyl (C=S) groups is 1. The van der Waals surface area contributed by atoms with E-state index in [-0.39, 0.29) is 0 Å². The molecule has 0 aliphatic rings. The van der Waals surface area contributed by atoms with Gasteiger partial charge < -0.3 is 5.32 Å². The van der Waals surface area contributed by atoms with Gasteiger partial charge in [0, 0.05) is 6.20 Å². The normalized spacial score (nSPS) is 10.0. The molecule has 0 unspecified atom stereocenters. The second kappa shape index (κ2) is 6.51. The number of pyridine rings is 1. The van der Waals surface area contributed by atoms with Gasteiger partial charge in [-0.1, -0.05) is 38.6 Å². The Morgan fingerprint density at radius 2 is 2.20 bits per heavy atom. The van der Waals surface area contributed by atoms with E-state index in [2.05, 4.69) is 30.2 Å². The van der Waals surface area contributed by atoms with Crippen LogP contribution in [0.4, 0.5) is 5.82 Å². The molecule has 0 aromatic carbocycles. The fourth-order valence-electron chi connectivity index (χ4n) is 1.25. The number of nitrogens with one attached hydrogen (secondary N) is 1. The van der Waals surface area contributed by atoms with Gasteiger partial charge in [-0.15, -0.1) is 0 Å². The second-order valence-corrected chi connectivity index (χ2v) is 4.05. The number of hydrogen-bond acceptors (Lipinski definition) is 2. The molecule has 1 rings (SSSR count). The Balaban J connectivity index is 2.46. The van der Waals surface area contributed by atoms with Crippen molar-refractivity contribution in [2.45, 2.75) is 39.5 Å². The molecule has 0 aliphatic heterocycles. The molecule has 0 spiro atoms. The summed E-state index contributed by atoms with van der Waals surface area (Å²) < 4.78 is 0. The Morgan fingerprint density at radius 3 is 2.73 bits per heavy atom. The smallest absolute Gasteiger partial charge is 0.130 e. The molecule has 1 heterocycles. The summed E-state index contributed by atoms with van der Waals surface area (Å²) in [6.07, 6.45) is 6.17. The zero-order valence-corrected chi connectivity index (χ0v) is 10.2. The van der Waals surface area contributed by atoms with Gasteiger partial charge in [-0.05, 0) is 30.9 Å². The van der Waals surface area contributed by atoms with E-state index in [4.69, 9.17) is 12.2 Å². The Labute approximate surface area is 97.1 Å². The molecule has 0 amide bonds. The first-order valence-corrected chi connectivity index (χ1v) is 5.91. The fraction of sp³-hybridized carbons (Fsp3) is 0.500. The van der Waals surface area contributed by atoms with E-state index in [0.717, 1.165) is 30.1 Å². The summed E-state index contributed by atoms with van der Waals surface area (Å²) in [5.41, 5.74) is 1.25.